The van der Waals surface area contributed by atoms with Gasteiger partial charge in [-0.05, 0) is 31.2 Å². The smallest absolute Gasteiger partial charge is 0.228 e. The highest BCUT2D eigenvalue weighted by molar-refractivity contribution is 5.63. The summed E-state index contributed by atoms with van der Waals surface area (Å²) >= 11 is 0. The number of hydrogen-bond donors (Lipinski definition) is 0. The number of anilines is 2. The number of oxazole rings is 1. The molecule has 0 bridgehead atoms. The van der Waals surface area contributed by atoms with Crippen molar-refractivity contribution in [2.45, 2.75) is 6.92 Å². The summed E-state index contributed by atoms with van der Waals surface area (Å²) < 4.78 is 5.93. The normalized spacial score (nSPS) is 10.5. The average molecular weight is 264 g/mol. The van der Waals surface area contributed by atoms with Crippen LogP contribution in [0.5, 0.6) is 0 Å². The zero-order valence-electron chi connectivity index (χ0n) is 11.6. The van der Waals surface area contributed by atoms with Crippen molar-refractivity contribution in [2.24, 2.45) is 0 Å². The van der Waals surface area contributed by atoms with E-state index in [9.17, 15) is 0 Å². The Hall–Kier alpha value is -2.55. The van der Waals surface area contributed by atoms with Crippen molar-refractivity contribution in [1.82, 2.24) is 4.98 Å². The van der Waals surface area contributed by atoms with Crippen LogP contribution in [0.3, 0.4) is 0 Å². The van der Waals surface area contributed by atoms with Crippen molar-refractivity contribution in [3.8, 4) is 11.5 Å². The first-order valence-corrected chi connectivity index (χ1v) is 6.57. The number of rotatable bonds is 3. The lowest BCUT2D eigenvalue weighted by atomic mass is 10.2. The summed E-state index contributed by atoms with van der Waals surface area (Å²) in [6.07, 6.45) is 0. The van der Waals surface area contributed by atoms with Gasteiger partial charge in [0, 0.05) is 18.3 Å². The highest BCUT2D eigenvalue weighted by atomic mass is 16.4. The molecule has 0 aliphatic rings. The molecule has 3 rings (SSSR count). The van der Waals surface area contributed by atoms with Crippen LogP contribution in [0.2, 0.25) is 0 Å². The second kappa shape index (κ2) is 5.21. The monoisotopic (exact) mass is 264 g/mol. The maximum absolute atomic E-state index is 5.93. The summed E-state index contributed by atoms with van der Waals surface area (Å²) in [6.45, 7) is 1.96. The number of para-hydroxylation sites is 1. The third-order valence-corrected chi connectivity index (χ3v) is 3.24. The number of benzene rings is 2. The molecule has 1 heterocycles. The van der Waals surface area contributed by atoms with Gasteiger partial charge >= 0.3 is 0 Å². The van der Waals surface area contributed by atoms with Gasteiger partial charge in [-0.2, -0.15) is 0 Å². The highest BCUT2D eigenvalue weighted by Crippen LogP contribution is 2.31. The van der Waals surface area contributed by atoms with Gasteiger partial charge in [0.05, 0.1) is 0 Å². The van der Waals surface area contributed by atoms with Gasteiger partial charge in [0.15, 0.2) is 0 Å². The first-order valence-electron chi connectivity index (χ1n) is 6.57. The van der Waals surface area contributed by atoms with Gasteiger partial charge in [0.2, 0.25) is 11.8 Å². The van der Waals surface area contributed by atoms with Crippen LogP contribution in [0.25, 0.3) is 11.5 Å². The van der Waals surface area contributed by atoms with E-state index >= 15 is 0 Å². The van der Waals surface area contributed by atoms with Crippen LogP contribution < -0.4 is 4.90 Å². The highest BCUT2D eigenvalue weighted by Gasteiger charge is 2.15. The first kappa shape index (κ1) is 12.5. The fourth-order valence-electron chi connectivity index (χ4n) is 2.17. The molecule has 3 heteroatoms. The molecule has 0 atom stereocenters. The van der Waals surface area contributed by atoms with E-state index in [2.05, 4.69) is 4.98 Å². The molecule has 0 radical (unpaired) electrons. The Bertz CT molecular complexity index is 690. The lowest BCUT2D eigenvalue weighted by molar-refractivity contribution is 0.575. The Kier molecular flexibility index (Phi) is 3.25. The Morgan fingerprint density at radius 3 is 2.15 bits per heavy atom. The maximum Gasteiger partial charge on any atom is 0.228 e. The van der Waals surface area contributed by atoms with Crippen LogP contribution in [0.15, 0.2) is 65.1 Å². The summed E-state index contributed by atoms with van der Waals surface area (Å²) in [4.78, 5) is 6.53. The number of hydrogen-bond acceptors (Lipinski definition) is 3. The van der Waals surface area contributed by atoms with Crippen LogP contribution in [0.1, 0.15) is 5.69 Å². The number of aromatic nitrogens is 1. The molecule has 0 fully saturated rings. The average Bonchev–Trinajstić information content (AvgIpc) is 2.90. The summed E-state index contributed by atoms with van der Waals surface area (Å²) in [7, 11) is 1.98. The molecule has 3 aromatic rings. The molecule has 0 N–H and O–H groups in total. The Labute approximate surface area is 118 Å². The molecule has 0 aliphatic carbocycles. The molecule has 100 valence electrons. The topological polar surface area (TPSA) is 29.3 Å². The molecule has 0 unspecified atom stereocenters. The Morgan fingerprint density at radius 1 is 0.900 bits per heavy atom. The first-order chi connectivity index (χ1) is 9.75. The molecule has 0 saturated heterocycles. The van der Waals surface area contributed by atoms with Gasteiger partial charge in [0.25, 0.3) is 0 Å². The summed E-state index contributed by atoms with van der Waals surface area (Å²) in [5.41, 5.74) is 2.95. The van der Waals surface area contributed by atoms with Gasteiger partial charge in [-0.3, -0.25) is 0 Å². The van der Waals surface area contributed by atoms with E-state index in [0.717, 1.165) is 22.8 Å². The van der Waals surface area contributed by atoms with Gasteiger partial charge in [-0.25, -0.2) is 4.98 Å². The van der Waals surface area contributed by atoms with E-state index < -0.39 is 0 Å². The molecule has 0 aliphatic heterocycles. The molecule has 0 amide bonds. The predicted octanol–water partition coefficient (Wildman–Crippen LogP) is 4.42. The zero-order chi connectivity index (χ0) is 13.9. The zero-order valence-corrected chi connectivity index (χ0v) is 11.6. The minimum absolute atomic E-state index is 0.654. The maximum atomic E-state index is 5.93. The predicted molar refractivity (Wildman–Crippen MR) is 81.2 cm³/mol. The van der Waals surface area contributed by atoms with Crippen molar-refractivity contribution in [3.05, 3.63) is 66.4 Å². The minimum atomic E-state index is 0.654. The second-order valence-electron chi connectivity index (χ2n) is 4.67. The van der Waals surface area contributed by atoms with Crippen LogP contribution in [-0.2, 0) is 0 Å². The van der Waals surface area contributed by atoms with Crippen LogP contribution >= 0.6 is 0 Å². The van der Waals surface area contributed by atoms with Crippen molar-refractivity contribution >= 4 is 11.6 Å². The summed E-state index contributed by atoms with van der Waals surface area (Å²) in [5.74, 6) is 1.43. The molecule has 0 saturated carbocycles. The van der Waals surface area contributed by atoms with Gasteiger partial charge in [-0.15, -0.1) is 0 Å². The Balaban J connectivity index is 1.98. The van der Waals surface area contributed by atoms with E-state index in [1.807, 2.05) is 79.5 Å². The van der Waals surface area contributed by atoms with Crippen molar-refractivity contribution in [3.63, 3.8) is 0 Å². The van der Waals surface area contributed by atoms with E-state index in [1.165, 1.54) is 0 Å². The lowest BCUT2D eigenvalue weighted by Crippen LogP contribution is -2.09. The van der Waals surface area contributed by atoms with E-state index in [4.69, 9.17) is 4.42 Å². The fourth-order valence-corrected chi connectivity index (χ4v) is 2.17. The molecule has 3 nitrogen and oxygen atoms in total. The standard InChI is InChI=1S/C17H16N2O/c1-13-17(19(2)15-11-7-4-8-12-15)20-16(18-13)14-9-5-3-6-10-14/h3-12H,1-2H3. The van der Waals surface area contributed by atoms with Crippen molar-refractivity contribution in [1.29, 1.82) is 0 Å². The fraction of sp³-hybridized carbons (Fsp3) is 0.118. The SMILES string of the molecule is Cc1nc(-c2ccccc2)oc1N(C)c1ccccc1. The quantitative estimate of drug-likeness (QED) is 0.701. The molecular formula is C17H16N2O. The summed E-state index contributed by atoms with van der Waals surface area (Å²) in [6, 6.07) is 20.1. The summed E-state index contributed by atoms with van der Waals surface area (Å²) in [5, 5.41) is 0. The largest absolute Gasteiger partial charge is 0.420 e. The molecule has 1 aromatic heterocycles. The van der Waals surface area contributed by atoms with Crippen LogP contribution in [-0.4, -0.2) is 12.0 Å². The Morgan fingerprint density at radius 2 is 1.50 bits per heavy atom. The molecular weight excluding hydrogens is 248 g/mol. The third kappa shape index (κ3) is 2.30. The van der Waals surface area contributed by atoms with Crippen LogP contribution in [0.4, 0.5) is 11.6 Å². The van der Waals surface area contributed by atoms with Crippen molar-refractivity contribution in [2.75, 3.05) is 11.9 Å². The van der Waals surface area contributed by atoms with Gasteiger partial charge in [-0.1, -0.05) is 36.4 Å². The minimum Gasteiger partial charge on any atom is -0.420 e. The van der Waals surface area contributed by atoms with Gasteiger partial charge in [0.1, 0.15) is 5.69 Å². The van der Waals surface area contributed by atoms with Crippen LogP contribution in [0, 0.1) is 6.92 Å². The van der Waals surface area contributed by atoms with Crippen molar-refractivity contribution < 1.29 is 4.42 Å². The van der Waals surface area contributed by atoms with E-state index in [0.29, 0.717) is 5.89 Å². The molecule has 0 spiro atoms. The third-order valence-electron chi connectivity index (χ3n) is 3.24. The van der Waals surface area contributed by atoms with E-state index in [1.54, 1.807) is 0 Å². The lowest BCUT2D eigenvalue weighted by Gasteiger charge is -2.16. The van der Waals surface area contributed by atoms with E-state index in [-0.39, 0.29) is 0 Å². The number of aryl methyl sites for hydroxylation is 1. The molecule has 20 heavy (non-hydrogen) atoms. The number of nitrogens with zero attached hydrogens (tertiary/aromatic N) is 2. The molecule has 2 aromatic carbocycles. The second-order valence-corrected chi connectivity index (χ2v) is 4.67. The van der Waals surface area contributed by atoms with Gasteiger partial charge < -0.3 is 9.32 Å².